The van der Waals surface area contributed by atoms with E-state index in [9.17, 15) is 9.59 Å². The number of hydrogen-bond donors (Lipinski definition) is 2. The molecule has 1 aliphatic carbocycles. The molecule has 1 aromatic carbocycles. The molecule has 144 valence electrons. The molecule has 2 aromatic heterocycles. The molecule has 1 aliphatic rings. The van der Waals surface area contributed by atoms with Crippen molar-refractivity contribution in [3.05, 3.63) is 64.1 Å². The van der Waals surface area contributed by atoms with Gasteiger partial charge in [0.15, 0.2) is 5.78 Å². The lowest BCUT2D eigenvalue weighted by Gasteiger charge is -2.10. The van der Waals surface area contributed by atoms with Crippen LogP contribution in [-0.2, 0) is 0 Å². The Bertz CT molecular complexity index is 1030. The van der Waals surface area contributed by atoms with Crippen molar-refractivity contribution in [1.82, 2.24) is 15.5 Å². The summed E-state index contributed by atoms with van der Waals surface area (Å²) in [5, 5.41) is 7.60. The van der Waals surface area contributed by atoms with Gasteiger partial charge >= 0.3 is 0 Å². The Morgan fingerprint density at radius 2 is 2.04 bits per heavy atom. The van der Waals surface area contributed by atoms with Crippen LogP contribution in [0, 0.1) is 6.92 Å². The highest BCUT2D eigenvalue weighted by molar-refractivity contribution is 6.30. The molecule has 0 saturated heterocycles. The van der Waals surface area contributed by atoms with Crippen LogP contribution in [0.15, 0.2) is 41.1 Å². The summed E-state index contributed by atoms with van der Waals surface area (Å²) in [6.07, 6.45) is 5.82. The number of nitrogens with one attached hydrogen (secondary N) is 2. The standard InChI is InChI=1S/C21H20ClN3O3/c1-12-18(19(25-28-12)13-5-4-6-15(22)9-13)20(26)14-10-17(23-11-14)21(27)24-16-7-2-3-8-16/h4-6,9-11,16,23H,2-3,7-8H2,1H3,(H,24,27). The van der Waals surface area contributed by atoms with Gasteiger partial charge in [0.25, 0.3) is 5.91 Å². The minimum Gasteiger partial charge on any atom is -0.360 e. The van der Waals surface area contributed by atoms with E-state index in [2.05, 4.69) is 15.5 Å². The first-order valence-electron chi connectivity index (χ1n) is 9.29. The number of H-pyrrole nitrogens is 1. The van der Waals surface area contributed by atoms with Crippen molar-refractivity contribution in [3.8, 4) is 11.3 Å². The Balaban J connectivity index is 1.60. The van der Waals surface area contributed by atoms with E-state index in [0.29, 0.717) is 38.9 Å². The van der Waals surface area contributed by atoms with Gasteiger partial charge in [0.1, 0.15) is 17.1 Å². The summed E-state index contributed by atoms with van der Waals surface area (Å²) in [6, 6.07) is 8.87. The van der Waals surface area contributed by atoms with Crippen LogP contribution in [0.25, 0.3) is 11.3 Å². The van der Waals surface area contributed by atoms with Gasteiger partial charge in [-0.15, -0.1) is 0 Å². The summed E-state index contributed by atoms with van der Waals surface area (Å²) < 4.78 is 5.27. The maximum Gasteiger partial charge on any atom is 0.267 e. The Morgan fingerprint density at radius 3 is 2.79 bits per heavy atom. The molecule has 0 radical (unpaired) electrons. The first-order valence-corrected chi connectivity index (χ1v) is 9.67. The molecule has 6 nitrogen and oxygen atoms in total. The van der Waals surface area contributed by atoms with E-state index < -0.39 is 0 Å². The lowest BCUT2D eigenvalue weighted by molar-refractivity contribution is 0.0933. The molecule has 1 saturated carbocycles. The fraction of sp³-hybridized carbons (Fsp3) is 0.286. The maximum absolute atomic E-state index is 13.1. The molecule has 0 atom stereocenters. The third kappa shape index (κ3) is 3.60. The van der Waals surface area contributed by atoms with Crippen LogP contribution in [0.2, 0.25) is 5.02 Å². The quantitative estimate of drug-likeness (QED) is 0.619. The van der Waals surface area contributed by atoms with Crippen molar-refractivity contribution in [3.63, 3.8) is 0 Å². The second-order valence-electron chi connectivity index (χ2n) is 7.06. The van der Waals surface area contributed by atoms with Crippen LogP contribution < -0.4 is 5.32 Å². The number of carbonyl (C=O) groups excluding carboxylic acids is 2. The van der Waals surface area contributed by atoms with Gasteiger partial charge in [-0.1, -0.05) is 41.7 Å². The van der Waals surface area contributed by atoms with E-state index >= 15 is 0 Å². The number of benzene rings is 1. The number of aromatic amines is 1. The summed E-state index contributed by atoms with van der Waals surface area (Å²) in [5.74, 6) is -0.0360. The number of ketones is 1. The van der Waals surface area contributed by atoms with Crippen molar-refractivity contribution < 1.29 is 14.1 Å². The number of amides is 1. The average molecular weight is 398 g/mol. The number of nitrogens with zero attached hydrogens (tertiary/aromatic N) is 1. The Hall–Kier alpha value is -2.86. The number of aromatic nitrogens is 2. The van der Waals surface area contributed by atoms with Gasteiger partial charge in [0.2, 0.25) is 0 Å². The second kappa shape index (κ2) is 7.64. The van der Waals surface area contributed by atoms with E-state index in [-0.39, 0.29) is 17.7 Å². The molecule has 28 heavy (non-hydrogen) atoms. The van der Waals surface area contributed by atoms with E-state index in [1.807, 2.05) is 6.07 Å². The summed E-state index contributed by atoms with van der Waals surface area (Å²) in [4.78, 5) is 28.4. The van der Waals surface area contributed by atoms with Crippen molar-refractivity contribution in [2.45, 2.75) is 38.6 Å². The number of halogens is 1. The molecule has 0 aliphatic heterocycles. The summed E-state index contributed by atoms with van der Waals surface area (Å²) in [5.41, 5.74) is 2.24. The average Bonchev–Trinajstić information content (AvgIpc) is 3.42. The van der Waals surface area contributed by atoms with Gasteiger partial charge in [-0.2, -0.15) is 0 Å². The van der Waals surface area contributed by atoms with Crippen LogP contribution >= 0.6 is 11.6 Å². The third-order valence-corrected chi connectivity index (χ3v) is 5.30. The normalized spacial score (nSPS) is 14.4. The van der Waals surface area contributed by atoms with Crippen LogP contribution in [0.4, 0.5) is 0 Å². The monoisotopic (exact) mass is 397 g/mol. The fourth-order valence-electron chi connectivity index (χ4n) is 3.61. The zero-order valence-corrected chi connectivity index (χ0v) is 16.2. The second-order valence-corrected chi connectivity index (χ2v) is 7.50. The Kier molecular flexibility index (Phi) is 5.05. The van der Waals surface area contributed by atoms with Gasteiger partial charge in [-0.05, 0) is 38.0 Å². The lowest BCUT2D eigenvalue weighted by Crippen LogP contribution is -2.32. The topological polar surface area (TPSA) is 88.0 Å². The Labute approximate surface area is 167 Å². The smallest absolute Gasteiger partial charge is 0.267 e. The summed E-state index contributed by atoms with van der Waals surface area (Å²) >= 11 is 6.07. The minimum atomic E-state index is -0.259. The van der Waals surface area contributed by atoms with E-state index in [1.54, 1.807) is 37.4 Å². The van der Waals surface area contributed by atoms with Crippen molar-refractivity contribution >= 4 is 23.3 Å². The van der Waals surface area contributed by atoms with Gasteiger partial charge in [0, 0.05) is 28.4 Å². The maximum atomic E-state index is 13.1. The zero-order chi connectivity index (χ0) is 19.7. The molecule has 0 unspecified atom stereocenters. The number of carbonyl (C=O) groups is 2. The SMILES string of the molecule is Cc1onc(-c2cccc(Cl)c2)c1C(=O)c1c[nH]c(C(=O)NC2CCCC2)c1. The predicted octanol–water partition coefficient (Wildman–Crippen LogP) is 4.53. The minimum absolute atomic E-state index is 0.192. The fourth-order valence-corrected chi connectivity index (χ4v) is 3.80. The molecule has 2 heterocycles. The largest absolute Gasteiger partial charge is 0.360 e. The number of hydrogen-bond acceptors (Lipinski definition) is 4. The highest BCUT2D eigenvalue weighted by Crippen LogP contribution is 2.29. The molecule has 3 aromatic rings. The van der Waals surface area contributed by atoms with Crippen LogP contribution in [0.3, 0.4) is 0 Å². The molecule has 1 amide bonds. The first kappa shape index (κ1) is 18.5. The van der Waals surface area contributed by atoms with Gasteiger partial charge < -0.3 is 14.8 Å². The first-order chi connectivity index (χ1) is 13.5. The zero-order valence-electron chi connectivity index (χ0n) is 15.4. The molecule has 7 heteroatoms. The Morgan fingerprint density at radius 1 is 1.25 bits per heavy atom. The highest BCUT2D eigenvalue weighted by atomic mass is 35.5. The molecule has 0 bridgehead atoms. The van der Waals surface area contributed by atoms with E-state index in [0.717, 1.165) is 25.7 Å². The molecular weight excluding hydrogens is 378 g/mol. The van der Waals surface area contributed by atoms with Gasteiger partial charge in [-0.3, -0.25) is 9.59 Å². The van der Waals surface area contributed by atoms with Crippen molar-refractivity contribution in [1.29, 1.82) is 0 Å². The predicted molar refractivity (Wildman–Crippen MR) is 106 cm³/mol. The molecule has 2 N–H and O–H groups in total. The molecule has 4 rings (SSSR count). The van der Waals surface area contributed by atoms with E-state index in [1.165, 1.54) is 0 Å². The van der Waals surface area contributed by atoms with E-state index in [4.69, 9.17) is 16.1 Å². The van der Waals surface area contributed by atoms with Crippen LogP contribution in [0.5, 0.6) is 0 Å². The van der Waals surface area contributed by atoms with Crippen LogP contribution in [-0.4, -0.2) is 27.9 Å². The van der Waals surface area contributed by atoms with Crippen LogP contribution in [0.1, 0.15) is 57.9 Å². The molecular formula is C21H20ClN3O3. The van der Waals surface area contributed by atoms with Gasteiger partial charge in [-0.25, -0.2) is 0 Å². The summed E-state index contributed by atoms with van der Waals surface area (Å²) in [7, 11) is 0. The highest BCUT2D eigenvalue weighted by Gasteiger charge is 2.25. The van der Waals surface area contributed by atoms with Crippen molar-refractivity contribution in [2.24, 2.45) is 0 Å². The third-order valence-electron chi connectivity index (χ3n) is 5.07. The molecule has 1 fully saturated rings. The molecule has 0 spiro atoms. The number of aryl methyl sites for hydroxylation is 1. The van der Waals surface area contributed by atoms with Gasteiger partial charge in [0.05, 0.1) is 5.56 Å². The summed E-state index contributed by atoms with van der Waals surface area (Å²) in [6.45, 7) is 1.69. The number of rotatable bonds is 5. The van der Waals surface area contributed by atoms with Crippen molar-refractivity contribution in [2.75, 3.05) is 0 Å². The lowest BCUT2D eigenvalue weighted by atomic mass is 9.99.